The van der Waals surface area contributed by atoms with E-state index < -0.39 is 34.6 Å². The second-order valence-electron chi connectivity index (χ2n) is 11.9. The SMILES string of the molecule is O=c1c2cc(-c3ccc(C(F)(F)F)cc3)c3oc4ccccc4c4c(-c5ccc(C(F)(F)F)cc5)cc(c(=O)n1-c1ccc(CO)cc1)c2c34. The number of halogens is 6. The summed E-state index contributed by atoms with van der Waals surface area (Å²) < 4.78 is 88.7. The normalized spacial score (nSPS) is 12.5. The van der Waals surface area contributed by atoms with Crippen LogP contribution in [0.15, 0.2) is 123 Å². The first-order valence-electron chi connectivity index (χ1n) is 15.2. The number of nitrogens with zero attached hydrogens (tertiary/aromatic N) is 1. The van der Waals surface area contributed by atoms with E-state index >= 15 is 0 Å². The zero-order valence-electron chi connectivity index (χ0n) is 25.5. The highest BCUT2D eigenvalue weighted by atomic mass is 19.4. The van der Waals surface area contributed by atoms with Gasteiger partial charge in [-0.25, -0.2) is 4.57 Å². The maximum absolute atomic E-state index is 14.4. The van der Waals surface area contributed by atoms with Gasteiger partial charge >= 0.3 is 12.4 Å². The van der Waals surface area contributed by atoms with Crippen molar-refractivity contribution in [1.82, 2.24) is 4.57 Å². The molecule has 0 atom stereocenters. The minimum atomic E-state index is -4.60. The van der Waals surface area contributed by atoms with Crippen molar-refractivity contribution < 1.29 is 35.9 Å². The minimum Gasteiger partial charge on any atom is -0.455 e. The topological polar surface area (TPSA) is 72.4 Å². The fourth-order valence-electron chi connectivity index (χ4n) is 6.64. The van der Waals surface area contributed by atoms with E-state index in [1.54, 1.807) is 42.5 Å². The molecule has 0 bridgehead atoms. The monoisotopic (exact) mass is 681 g/mol. The van der Waals surface area contributed by atoms with Crippen LogP contribution < -0.4 is 11.1 Å². The Morgan fingerprint density at radius 2 is 1.10 bits per heavy atom. The number of rotatable bonds is 4. The third kappa shape index (κ3) is 4.84. The van der Waals surface area contributed by atoms with Crippen LogP contribution in [0.4, 0.5) is 26.3 Å². The van der Waals surface area contributed by atoms with Crippen LogP contribution in [0.2, 0.25) is 0 Å². The molecule has 8 rings (SSSR count). The van der Waals surface area contributed by atoms with Crippen molar-refractivity contribution in [2.45, 2.75) is 19.0 Å². The van der Waals surface area contributed by atoms with Gasteiger partial charge in [0, 0.05) is 37.9 Å². The molecule has 0 aliphatic rings. The van der Waals surface area contributed by atoms with Gasteiger partial charge in [0.1, 0.15) is 11.2 Å². The van der Waals surface area contributed by atoms with E-state index in [-0.39, 0.29) is 39.6 Å². The first-order valence-corrected chi connectivity index (χ1v) is 15.2. The van der Waals surface area contributed by atoms with Crippen LogP contribution in [0.3, 0.4) is 0 Å². The molecule has 8 aromatic rings. The second kappa shape index (κ2) is 11.0. The van der Waals surface area contributed by atoms with E-state index in [9.17, 15) is 41.0 Å². The van der Waals surface area contributed by atoms with Gasteiger partial charge in [-0.3, -0.25) is 9.59 Å². The van der Waals surface area contributed by atoms with Crippen molar-refractivity contribution in [1.29, 1.82) is 0 Å². The highest BCUT2D eigenvalue weighted by Crippen LogP contribution is 2.46. The molecule has 6 aromatic carbocycles. The average molecular weight is 682 g/mol. The molecule has 0 radical (unpaired) electrons. The number of hydrogen-bond acceptors (Lipinski definition) is 4. The van der Waals surface area contributed by atoms with E-state index in [0.717, 1.165) is 28.8 Å². The molecular weight excluding hydrogens is 660 g/mol. The van der Waals surface area contributed by atoms with Gasteiger partial charge in [0.25, 0.3) is 11.1 Å². The molecule has 1 N–H and O–H groups in total. The van der Waals surface area contributed by atoms with Gasteiger partial charge < -0.3 is 9.52 Å². The molecule has 0 unspecified atom stereocenters. The van der Waals surface area contributed by atoms with Crippen molar-refractivity contribution in [3.63, 3.8) is 0 Å². The van der Waals surface area contributed by atoms with Crippen LogP contribution in [0.1, 0.15) is 16.7 Å². The molecule has 11 heteroatoms. The van der Waals surface area contributed by atoms with Gasteiger partial charge in [-0.05, 0) is 76.9 Å². The Morgan fingerprint density at radius 3 is 1.64 bits per heavy atom. The smallest absolute Gasteiger partial charge is 0.416 e. The fraction of sp³-hybridized carbons (Fsp3) is 0.0769. The summed E-state index contributed by atoms with van der Waals surface area (Å²) in [5.41, 5.74) is -0.589. The summed E-state index contributed by atoms with van der Waals surface area (Å²) >= 11 is 0. The van der Waals surface area contributed by atoms with Crippen LogP contribution >= 0.6 is 0 Å². The van der Waals surface area contributed by atoms with Gasteiger partial charge in [-0.2, -0.15) is 26.3 Å². The molecule has 0 aliphatic carbocycles. The molecule has 0 spiro atoms. The Morgan fingerprint density at radius 1 is 0.580 bits per heavy atom. The summed E-state index contributed by atoms with van der Waals surface area (Å²) in [4.78, 5) is 28.7. The molecule has 50 heavy (non-hydrogen) atoms. The van der Waals surface area contributed by atoms with Crippen molar-refractivity contribution in [2.24, 2.45) is 0 Å². The third-order valence-corrected chi connectivity index (χ3v) is 9.02. The maximum Gasteiger partial charge on any atom is 0.416 e. The van der Waals surface area contributed by atoms with Crippen molar-refractivity contribution in [2.75, 3.05) is 0 Å². The van der Waals surface area contributed by atoms with Gasteiger partial charge in [-0.1, -0.05) is 54.6 Å². The first-order chi connectivity index (χ1) is 23.8. The van der Waals surface area contributed by atoms with Gasteiger partial charge in [0.15, 0.2) is 0 Å². The molecule has 248 valence electrons. The molecule has 0 fully saturated rings. The van der Waals surface area contributed by atoms with Gasteiger partial charge in [-0.15, -0.1) is 0 Å². The van der Waals surface area contributed by atoms with E-state index in [1.165, 1.54) is 42.5 Å². The van der Waals surface area contributed by atoms with E-state index in [2.05, 4.69) is 0 Å². The lowest BCUT2D eigenvalue weighted by Crippen LogP contribution is -2.32. The quantitative estimate of drug-likeness (QED) is 0.114. The summed E-state index contributed by atoms with van der Waals surface area (Å²) in [5, 5.41) is 11.3. The number of aliphatic hydroxyl groups is 1. The average Bonchev–Trinajstić information content (AvgIpc) is 3.11. The highest BCUT2D eigenvalue weighted by molar-refractivity contribution is 6.32. The molecule has 0 saturated carbocycles. The summed E-state index contributed by atoms with van der Waals surface area (Å²) in [6, 6.07) is 24.9. The Labute approximate surface area is 277 Å². The molecular formula is C39H21F6NO4. The number of hydrogen-bond donors (Lipinski definition) is 1. The fourth-order valence-corrected chi connectivity index (χ4v) is 6.64. The third-order valence-electron chi connectivity index (χ3n) is 9.02. The van der Waals surface area contributed by atoms with Gasteiger partial charge in [0.05, 0.1) is 23.4 Å². The number of benzene rings is 6. The number of aliphatic hydroxyl groups excluding tert-OH is 1. The van der Waals surface area contributed by atoms with Crippen molar-refractivity contribution >= 4 is 43.5 Å². The molecule has 2 heterocycles. The number of alkyl halides is 6. The molecule has 2 aromatic heterocycles. The lowest BCUT2D eigenvalue weighted by molar-refractivity contribution is -0.138. The predicted octanol–water partition coefficient (Wildman–Crippen LogP) is 9.71. The van der Waals surface area contributed by atoms with Crippen LogP contribution in [0.25, 0.3) is 71.4 Å². The predicted molar refractivity (Wildman–Crippen MR) is 179 cm³/mol. The van der Waals surface area contributed by atoms with Gasteiger partial charge in [0.2, 0.25) is 0 Å². The number of pyridine rings is 1. The zero-order chi connectivity index (χ0) is 35.1. The van der Waals surface area contributed by atoms with E-state index in [0.29, 0.717) is 44.0 Å². The Bertz CT molecular complexity index is 2690. The first kappa shape index (κ1) is 31.3. The number of aromatic nitrogens is 1. The second-order valence-corrected chi connectivity index (χ2v) is 11.9. The van der Waals surface area contributed by atoms with Crippen LogP contribution in [-0.2, 0) is 19.0 Å². The molecule has 0 saturated heterocycles. The summed E-state index contributed by atoms with van der Waals surface area (Å²) in [6.45, 7) is -0.273. The van der Waals surface area contributed by atoms with E-state index in [4.69, 9.17) is 4.42 Å². The van der Waals surface area contributed by atoms with Crippen molar-refractivity contribution in [3.05, 3.63) is 147 Å². The standard InChI is InChI=1S/C39H21F6NO4/c40-38(41,42)23-11-7-21(8-12-23)27-17-29-33-30(37(49)46(36(29)48)25-15-5-20(19-47)6-16-25)18-28(22-9-13-24(14-10-22)39(43,44)45)35-34(33)32(27)26-3-1-2-4-31(26)50-35/h1-18,47H,19H2. The number of para-hydroxylation sites is 1. The summed E-state index contributed by atoms with van der Waals surface area (Å²) in [5.74, 6) is 0. The highest BCUT2D eigenvalue weighted by Gasteiger charge is 2.32. The molecule has 0 aliphatic heterocycles. The lowest BCUT2D eigenvalue weighted by atomic mass is 9.87. The van der Waals surface area contributed by atoms with E-state index in [1.807, 2.05) is 0 Å². The Kier molecular flexibility index (Phi) is 6.92. The minimum absolute atomic E-state index is 0.0719. The Hall–Kier alpha value is -5.94. The lowest BCUT2D eigenvalue weighted by Gasteiger charge is -2.20. The van der Waals surface area contributed by atoms with Crippen molar-refractivity contribution in [3.8, 4) is 27.9 Å². The summed E-state index contributed by atoms with van der Waals surface area (Å²) in [6.07, 6.45) is -9.19. The van der Waals surface area contributed by atoms with Crippen LogP contribution in [0.5, 0.6) is 0 Å². The Balaban J connectivity index is 1.57. The molecule has 0 amide bonds. The largest absolute Gasteiger partial charge is 0.455 e. The zero-order valence-corrected chi connectivity index (χ0v) is 25.5. The van der Waals surface area contributed by atoms with Crippen LogP contribution in [-0.4, -0.2) is 9.67 Å². The molecule has 5 nitrogen and oxygen atoms in total. The summed E-state index contributed by atoms with van der Waals surface area (Å²) in [7, 11) is 0. The maximum atomic E-state index is 14.4. The van der Waals surface area contributed by atoms with Crippen LogP contribution in [0, 0.1) is 0 Å². The number of fused-ring (bicyclic) bond motifs is 2.